The fourth-order valence-electron chi connectivity index (χ4n) is 1.91. The van der Waals surface area contributed by atoms with Crippen LogP contribution in [0.15, 0.2) is 32.5 Å². The van der Waals surface area contributed by atoms with E-state index in [-0.39, 0.29) is 6.03 Å². The average Bonchev–Trinajstić information content (AvgIpc) is 2.81. The summed E-state index contributed by atoms with van der Waals surface area (Å²) in [5, 5.41) is 2.71. The van der Waals surface area contributed by atoms with Gasteiger partial charge in [0.15, 0.2) is 4.67 Å². The fraction of sp³-hybridized carbons (Fsp3) is 0.333. The Bertz CT molecular complexity index is 564. The summed E-state index contributed by atoms with van der Waals surface area (Å²) in [7, 11) is 2.88. The predicted molar refractivity (Wildman–Crippen MR) is 70.2 cm³/mol. The van der Waals surface area contributed by atoms with Crippen LogP contribution in [0.5, 0.6) is 0 Å². The van der Waals surface area contributed by atoms with Crippen molar-refractivity contribution in [2.75, 3.05) is 14.2 Å². The number of rotatable bonds is 2. The van der Waals surface area contributed by atoms with Crippen LogP contribution in [0.4, 0.5) is 4.79 Å². The number of esters is 1. The molecule has 1 atom stereocenters. The average molecular weight is 329 g/mol. The normalized spacial score (nSPS) is 19.5. The van der Waals surface area contributed by atoms with Gasteiger partial charge in [-0.25, -0.2) is 9.59 Å². The zero-order valence-electron chi connectivity index (χ0n) is 10.7. The molecular weight excluding hydrogens is 316 g/mol. The number of carbonyl (C=O) groups is 2. The van der Waals surface area contributed by atoms with Gasteiger partial charge in [0.25, 0.3) is 0 Å². The number of nitrogens with zero attached hydrogens (tertiary/aromatic N) is 1. The largest absolute Gasteiger partial charge is 0.466 e. The fourth-order valence-corrected chi connectivity index (χ4v) is 2.23. The first-order chi connectivity index (χ1) is 8.95. The van der Waals surface area contributed by atoms with E-state index in [9.17, 15) is 9.59 Å². The molecule has 1 aliphatic heterocycles. The minimum atomic E-state index is -0.651. The topological polar surface area (TPSA) is 71.8 Å². The molecule has 2 heterocycles. The first-order valence-corrected chi connectivity index (χ1v) is 6.33. The highest BCUT2D eigenvalue weighted by molar-refractivity contribution is 9.10. The van der Waals surface area contributed by atoms with Gasteiger partial charge in [-0.2, -0.15) is 0 Å². The van der Waals surface area contributed by atoms with Gasteiger partial charge in [-0.1, -0.05) is 0 Å². The lowest BCUT2D eigenvalue weighted by Gasteiger charge is -2.31. The number of methoxy groups -OCH3 is 1. The summed E-state index contributed by atoms with van der Waals surface area (Å²) in [6.45, 7) is 1.69. The molecule has 102 valence electrons. The lowest BCUT2D eigenvalue weighted by Crippen LogP contribution is -2.46. The maximum absolute atomic E-state index is 11.9. The van der Waals surface area contributed by atoms with E-state index in [1.165, 1.54) is 12.0 Å². The summed E-state index contributed by atoms with van der Waals surface area (Å²) in [6, 6.07) is 2.44. The molecule has 0 bridgehead atoms. The molecule has 0 saturated carbocycles. The molecular formula is C12H13BrN2O4. The maximum atomic E-state index is 11.9. The highest BCUT2D eigenvalue weighted by Crippen LogP contribution is 2.32. The first-order valence-electron chi connectivity index (χ1n) is 5.54. The number of hydrogen-bond acceptors (Lipinski definition) is 4. The Morgan fingerprint density at radius 2 is 2.21 bits per heavy atom. The number of amides is 2. The standard InChI is InChI=1S/C12H13BrN2O4/c1-6-9(11(16)18-3)10(14-12(17)15(6)2)7-4-5-8(13)19-7/h4-5,10H,1-3H3,(H,14,17)/t10-/m1/s1. The molecule has 0 radical (unpaired) electrons. The van der Waals surface area contributed by atoms with Crippen molar-refractivity contribution in [3.8, 4) is 0 Å². The van der Waals surface area contributed by atoms with Gasteiger partial charge in [-0.15, -0.1) is 0 Å². The molecule has 2 rings (SSSR count). The van der Waals surface area contributed by atoms with Crippen LogP contribution >= 0.6 is 15.9 Å². The minimum Gasteiger partial charge on any atom is -0.466 e. The van der Waals surface area contributed by atoms with Crippen LogP contribution in [0.3, 0.4) is 0 Å². The molecule has 1 aliphatic rings. The number of furan rings is 1. The third kappa shape index (κ3) is 2.37. The lowest BCUT2D eigenvalue weighted by molar-refractivity contribution is -0.136. The Balaban J connectivity index is 2.51. The van der Waals surface area contributed by atoms with E-state index in [0.717, 1.165) is 0 Å². The molecule has 19 heavy (non-hydrogen) atoms. The van der Waals surface area contributed by atoms with Crippen molar-refractivity contribution in [1.82, 2.24) is 10.2 Å². The maximum Gasteiger partial charge on any atom is 0.338 e. The molecule has 1 aromatic heterocycles. The van der Waals surface area contributed by atoms with Gasteiger partial charge < -0.3 is 19.4 Å². The van der Waals surface area contributed by atoms with E-state index in [2.05, 4.69) is 21.2 Å². The minimum absolute atomic E-state index is 0.303. The van der Waals surface area contributed by atoms with Gasteiger partial charge >= 0.3 is 12.0 Å². The lowest BCUT2D eigenvalue weighted by atomic mass is 10.0. The van der Waals surface area contributed by atoms with E-state index >= 15 is 0 Å². The van der Waals surface area contributed by atoms with Crippen molar-refractivity contribution in [3.05, 3.63) is 33.8 Å². The second-order valence-corrected chi connectivity index (χ2v) is 4.86. The van der Waals surface area contributed by atoms with Crippen LogP contribution in [0.25, 0.3) is 0 Å². The number of urea groups is 1. The zero-order chi connectivity index (χ0) is 14.2. The smallest absolute Gasteiger partial charge is 0.338 e. The van der Waals surface area contributed by atoms with Crippen LogP contribution < -0.4 is 5.32 Å². The van der Waals surface area contributed by atoms with Crippen molar-refractivity contribution in [1.29, 1.82) is 0 Å². The molecule has 2 amide bonds. The number of allylic oxidation sites excluding steroid dienone is 1. The van der Waals surface area contributed by atoms with E-state index in [1.54, 1.807) is 26.1 Å². The van der Waals surface area contributed by atoms with E-state index in [4.69, 9.17) is 9.15 Å². The molecule has 0 aliphatic carbocycles. The van der Waals surface area contributed by atoms with E-state index in [0.29, 0.717) is 21.7 Å². The molecule has 7 heteroatoms. The molecule has 0 spiro atoms. The quantitative estimate of drug-likeness (QED) is 0.844. The SMILES string of the molecule is COC(=O)C1=C(C)N(C)C(=O)N[C@@H]1c1ccc(Br)o1. The molecule has 6 nitrogen and oxygen atoms in total. The van der Waals surface area contributed by atoms with Crippen LogP contribution in [0, 0.1) is 0 Å². The Labute approximate surface area is 118 Å². The van der Waals surface area contributed by atoms with Gasteiger partial charge in [-0.05, 0) is 35.0 Å². The second-order valence-electron chi connectivity index (χ2n) is 4.07. The summed E-state index contributed by atoms with van der Waals surface area (Å²) >= 11 is 3.19. The molecule has 0 fully saturated rings. The van der Waals surface area contributed by atoms with Gasteiger partial charge in [-0.3, -0.25) is 0 Å². The Morgan fingerprint density at radius 3 is 2.74 bits per heavy atom. The van der Waals surface area contributed by atoms with Crippen molar-refractivity contribution >= 4 is 27.9 Å². The molecule has 0 aromatic carbocycles. The van der Waals surface area contributed by atoms with Crippen molar-refractivity contribution in [2.24, 2.45) is 0 Å². The Kier molecular flexibility index (Phi) is 3.66. The van der Waals surface area contributed by atoms with Crippen LogP contribution in [0.2, 0.25) is 0 Å². The van der Waals surface area contributed by atoms with Gasteiger partial charge in [0.2, 0.25) is 0 Å². The third-order valence-corrected chi connectivity index (χ3v) is 3.46. The number of halogens is 1. The van der Waals surface area contributed by atoms with Gasteiger partial charge in [0, 0.05) is 12.7 Å². The number of carbonyl (C=O) groups excluding carboxylic acids is 2. The third-order valence-electron chi connectivity index (χ3n) is 3.04. The van der Waals surface area contributed by atoms with E-state index in [1.807, 2.05) is 0 Å². The zero-order valence-corrected chi connectivity index (χ0v) is 12.3. The predicted octanol–water partition coefficient (Wildman–Crippen LogP) is 2.19. The summed E-state index contributed by atoms with van der Waals surface area (Å²) in [5.41, 5.74) is 0.888. The summed E-state index contributed by atoms with van der Waals surface area (Å²) in [5.74, 6) is -0.0325. The number of ether oxygens (including phenoxy) is 1. The highest BCUT2D eigenvalue weighted by atomic mass is 79.9. The Morgan fingerprint density at radius 1 is 1.53 bits per heavy atom. The summed E-state index contributed by atoms with van der Waals surface area (Å²) < 4.78 is 10.7. The van der Waals surface area contributed by atoms with Crippen LogP contribution in [-0.2, 0) is 9.53 Å². The van der Waals surface area contributed by atoms with E-state index < -0.39 is 12.0 Å². The summed E-state index contributed by atoms with van der Waals surface area (Å²) in [6.07, 6.45) is 0. The first kappa shape index (κ1) is 13.7. The van der Waals surface area contributed by atoms with Crippen LogP contribution in [-0.4, -0.2) is 31.1 Å². The number of hydrogen-bond donors (Lipinski definition) is 1. The van der Waals surface area contributed by atoms with Gasteiger partial charge in [0.05, 0.1) is 12.7 Å². The van der Waals surface area contributed by atoms with Crippen molar-refractivity contribution in [2.45, 2.75) is 13.0 Å². The Hall–Kier alpha value is -1.76. The van der Waals surface area contributed by atoms with Crippen LogP contribution in [0.1, 0.15) is 18.7 Å². The molecule has 1 N–H and O–H groups in total. The molecule has 1 aromatic rings. The van der Waals surface area contributed by atoms with Crippen molar-refractivity contribution < 1.29 is 18.7 Å². The highest BCUT2D eigenvalue weighted by Gasteiger charge is 2.36. The second kappa shape index (κ2) is 5.08. The number of nitrogens with one attached hydrogen (secondary N) is 1. The summed E-state index contributed by atoms with van der Waals surface area (Å²) in [4.78, 5) is 25.1. The molecule has 0 saturated heterocycles. The van der Waals surface area contributed by atoms with Gasteiger partial charge in [0.1, 0.15) is 11.8 Å². The monoisotopic (exact) mass is 328 g/mol. The molecule has 0 unspecified atom stereocenters. The van der Waals surface area contributed by atoms with Crippen molar-refractivity contribution in [3.63, 3.8) is 0 Å².